The number of anilines is 1. The highest BCUT2D eigenvalue weighted by Crippen LogP contribution is 2.40. The highest BCUT2D eigenvalue weighted by atomic mass is 32.1. The van der Waals surface area contributed by atoms with Crippen LogP contribution in [0.15, 0.2) is 0 Å². The molecule has 2 aromatic rings. The first-order valence-corrected chi connectivity index (χ1v) is 12.1. The molecule has 1 aliphatic heterocycles. The summed E-state index contributed by atoms with van der Waals surface area (Å²) in [6.07, 6.45) is 10.3. The second-order valence-corrected chi connectivity index (χ2v) is 10.1. The van der Waals surface area contributed by atoms with Crippen LogP contribution >= 0.6 is 11.3 Å². The molecule has 2 aromatic heterocycles. The fraction of sp³-hybridized carbons (Fsp3) is 0.727. The molecule has 1 saturated carbocycles. The van der Waals surface area contributed by atoms with E-state index in [1.807, 2.05) is 11.3 Å². The zero-order valence-corrected chi connectivity index (χ0v) is 17.9. The summed E-state index contributed by atoms with van der Waals surface area (Å²) in [5.41, 5.74) is 1.54. The van der Waals surface area contributed by atoms with Gasteiger partial charge < -0.3 is 15.0 Å². The molecular formula is C22H33N4OS+. The number of nitrogens with zero attached hydrogens (tertiary/aromatic N) is 2. The third-order valence-corrected chi connectivity index (χ3v) is 7.90. The van der Waals surface area contributed by atoms with Crippen molar-refractivity contribution in [3.63, 3.8) is 0 Å². The fourth-order valence-corrected chi connectivity index (χ4v) is 6.47. The average molecular weight is 402 g/mol. The lowest BCUT2D eigenvalue weighted by Gasteiger charge is -2.25. The van der Waals surface area contributed by atoms with Crippen LogP contribution in [0.4, 0.5) is 5.82 Å². The minimum Gasteiger partial charge on any atom is -0.370 e. The summed E-state index contributed by atoms with van der Waals surface area (Å²) in [6.45, 7) is 7.13. The molecule has 1 saturated heterocycles. The van der Waals surface area contributed by atoms with E-state index in [4.69, 9.17) is 14.7 Å². The molecule has 1 atom stereocenters. The molecular weight excluding hydrogens is 368 g/mol. The number of quaternary nitrogens is 1. The van der Waals surface area contributed by atoms with Gasteiger partial charge in [-0.15, -0.1) is 11.3 Å². The predicted molar refractivity (Wildman–Crippen MR) is 114 cm³/mol. The zero-order valence-electron chi connectivity index (χ0n) is 17.1. The third-order valence-electron chi connectivity index (χ3n) is 6.76. The SMILES string of the molecule is C[C@@H]1CCc2c(sc3nc(C[NH+]4CCOCC4)nc(NC4CCCCC4)c23)C1. The molecule has 0 radical (unpaired) electrons. The summed E-state index contributed by atoms with van der Waals surface area (Å²) in [5.74, 6) is 2.93. The molecule has 5 nitrogen and oxygen atoms in total. The number of aryl methyl sites for hydroxylation is 1. The molecule has 2 N–H and O–H groups in total. The van der Waals surface area contributed by atoms with E-state index in [1.54, 1.807) is 15.3 Å². The van der Waals surface area contributed by atoms with Crippen molar-refractivity contribution in [2.45, 2.75) is 70.9 Å². The van der Waals surface area contributed by atoms with Crippen molar-refractivity contribution in [1.29, 1.82) is 0 Å². The quantitative estimate of drug-likeness (QED) is 0.827. The molecule has 152 valence electrons. The Morgan fingerprint density at radius 2 is 1.93 bits per heavy atom. The van der Waals surface area contributed by atoms with E-state index in [2.05, 4.69) is 12.2 Å². The number of morpholine rings is 1. The lowest BCUT2D eigenvalue weighted by molar-refractivity contribution is -0.922. The van der Waals surface area contributed by atoms with E-state index < -0.39 is 0 Å². The number of hydrogen-bond donors (Lipinski definition) is 2. The molecule has 2 aliphatic carbocycles. The van der Waals surface area contributed by atoms with E-state index in [-0.39, 0.29) is 0 Å². The highest BCUT2D eigenvalue weighted by Gasteiger charge is 2.26. The van der Waals surface area contributed by atoms with Gasteiger partial charge in [-0.05, 0) is 43.6 Å². The minimum absolute atomic E-state index is 0.577. The maximum atomic E-state index is 5.53. The Bertz CT molecular complexity index is 824. The third kappa shape index (κ3) is 3.91. The molecule has 28 heavy (non-hydrogen) atoms. The van der Waals surface area contributed by atoms with Crippen LogP contribution < -0.4 is 10.2 Å². The summed E-state index contributed by atoms with van der Waals surface area (Å²) >= 11 is 1.93. The van der Waals surface area contributed by atoms with Gasteiger partial charge in [0.15, 0.2) is 5.82 Å². The van der Waals surface area contributed by atoms with E-state index in [9.17, 15) is 0 Å². The van der Waals surface area contributed by atoms with Crippen LogP contribution in [-0.4, -0.2) is 42.3 Å². The van der Waals surface area contributed by atoms with Gasteiger partial charge in [-0.2, -0.15) is 0 Å². The van der Waals surface area contributed by atoms with Crippen LogP contribution in [0.5, 0.6) is 0 Å². The molecule has 5 rings (SSSR count). The lowest BCUT2D eigenvalue weighted by atomic mass is 9.89. The summed E-state index contributed by atoms with van der Waals surface area (Å²) in [4.78, 5) is 14.5. The minimum atomic E-state index is 0.577. The highest BCUT2D eigenvalue weighted by molar-refractivity contribution is 7.19. The topological polar surface area (TPSA) is 51.5 Å². The number of aromatic nitrogens is 2. The van der Waals surface area contributed by atoms with Gasteiger partial charge in [0.25, 0.3) is 0 Å². The molecule has 3 aliphatic rings. The van der Waals surface area contributed by atoms with Crippen molar-refractivity contribution in [1.82, 2.24) is 9.97 Å². The van der Waals surface area contributed by atoms with Crippen molar-refractivity contribution < 1.29 is 9.64 Å². The standard InChI is InChI=1S/C22H32N4OS/c1-15-7-8-17-18(13-15)28-22-20(17)21(23-16-5-3-2-4-6-16)24-19(25-22)14-26-9-11-27-12-10-26/h15-16H,2-14H2,1H3,(H,23,24,25)/p+1/t15-/m1/s1. The van der Waals surface area contributed by atoms with E-state index >= 15 is 0 Å². The number of rotatable bonds is 4. The lowest BCUT2D eigenvalue weighted by Crippen LogP contribution is -3.12. The van der Waals surface area contributed by atoms with Crippen molar-refractivity contribution in [2.75, 3.05) is 31.6 Å². The van der Waals surface area contributed by atoms with E-state index in [1.165, 1.54) is 61.6 Å². The average Bonchev–Trinajstić information content (AvgIpc) is 3.07. The first-order valence-electron chi connectivity index (χ1n) is 11.3. The second-order valence-electron chi connectivity index (χ2n) is 9.04. The van der Waals surface area contributed by atoms with Crippen LogP contribution in [0.1, 0.15) is 61.7 Å². The Morgan fingerprint density at radius 3 is 2.75 bits per heavy atom. The van der Waals surface area contributed by atoms with Crippen LogP contribution in [0.25, 0.3) is 10.2 Å². The first kappa shape index (κ1) is 18.8. The van der Waals surface area contributed by atoms with Crippen LogP contribution in [0.2, 0.25) is 0 Å². The van der Waals surface area contributed by atoms with Crippen molar-refractivity contribution in [3.8, 4) is 0 Å². The van der Waals surface area contributed by atoms with Gasteiger partial charge in [0.1, 0.15) is 30.3 Å². The van der Waals surface area contributed by atoms with Gasteiger partial charge in [0, 0.05) is 10.9 Å². The predicted octanol–water partition coefficient (Wildman–Crippen LogP) is 2.98. The van der Waals surface area contributed by atoms with Crippen molar-refractivity contribution in [2.24, 2.45) is 5.92 Å². The Morgan fingerprint density at radius 1 is 1.11 bits per heavy atom. The summed E-state index contributed by atoms with van der Waals surface area (Å²) < 4.78 is 5.53. The van der Waals surface area contributed by atoms with Crippen LogP contribution in [0, 0.1) is 5.92 Å². The molecule has 0 spiro atoms. The summed E-state index contributed by atoms with van der Waals surface area (Å²) in [7, 11) is 0. The first-order chi connectivity index (χ1) is 13.8. The molecule has 0 aromatic carbocycles. The van der Waals surface area contributed by atoms with Crippen molar-refractivity contribution >= 4 is 27.4 Å². The maximum Gasteiger partial charge on any atom is 0.187 e. The van der Waals surface area contributed by atoms with Gasteiger partial charge in [0.2, 0.25) is 0 Å². The Kier molecular flexibility index (Phi) is 5.53. The van der Waals surface area contributed by atoms with Gasteiger partial charge in [0.05, 0.1) is 18.6 Å². The van der Waals surface area contributed by atoms with Gasteiger partial charge in [-0.3, -0.25) is 0 Å². The Balaban J connectivity index is 1.50. The number of thiophene rings is 1. The van der Waals surface area contributed by atoms with Gasteiger partial charge in [-0.1, -0.05) is 26.2 Å². The van der Waals surface area contributed by atoms with Crippen LogP contribution in [-0.2, 0) is 24.1 Å². The number of nitrogens with one attached hydrogen (secondary N) is 2. The normalized spacial score (nSPS) is 24.4. The fourth-order valence-electron chi connectivity index (χ4n) is 5.07. The van der Waals surface area contributed by atoms with E-state index in [0.717, 1.165) is 50.4 Å². The molecule has 3 heterocycles. The molecule has 2 fully saturated rings. The van der Waals surface area contributed by atoms with E-state index in [0.29, 0.717) is 6.04 Å². The Hall–Kier alpha value is -1.24. The second kappa shape index (κ2) is 8.25. The summed E-state index contributed by atoms with van der Waals surface area (Å²) in [6, 6.07) is 0.577. The monoisotopic (exact) mass is 401 g/mol. The van der Waals surface area contributed by atoms with Crippen LogP contribution in [0.3, 0.4) is 0 Å². The smallest absolute Gasteiger partial charge is 0.187 e. The zero-order chi connectivity index (χ0) is 18.9. The van der Waals surface area contributed by atoms with Gasteiger partial charge >= 0.3 is 0 Å². The van der Waals surface area contributed by atoms with Gasteiger partial charge in [-0.25, -0.2) is 9.97 Å². The Labute approximate surface area is 171 Å². The molecule has 0 amide bonds. The largest absolute Gasteiger partial charge is 0.370 e. The summed E-state index contributed by atoms with van der Waals surface area (Å²) in [5, 5.41) is 5.22. The molecule has 0 bridgehead atoms. The number of fused-ring (bicyclic) bond motifs is 3. The molecule has 6 heteroatoms. The number of hydrogen-bond acceptors (Lipinski definition) is 5. The number of ether oxygens (including phenoxy) is 1. The maximum absolute atomic E-state index is 5.53. The van der Waals surface area contributed by atoms with Crippen molar-refractivity contribution in [3.05, 3.63) is 16.3 Å². The molecule has 0 unspecified atom stereocenters.